The fourth-order valence-corrected chi connectivity index (χ4v) is 10.7. The van der Waals surface area contributed by atoms with Crippen molar-refractivity contribution in [2.45, 2.75) is 102 Å². The molecule has 0 N–H and O–H groups in total. The van der Waals surface area contributed by atoms with E-state index in [4.69, 9.17) is 0 Å². The highest BCUT2D eigenvalue weighted by molar-refractivity contribution is 6.10. The van der Waals surface area contributed by atoms with Crippen LogP contribution in [-0.4, -0.2) is 10.1 Å². The van der Waals surface area contributed by atoms with Crippen LogP contribution in [0.5, 0.6) is 0 Å². The highest BCUT2D eigenvalue weighted by atomic mass is 15.3. The first-order valence-corrected chi connectivity index (χ1v) is 16.9. The van der Waals surface area contributed by atoms with Gasteiger partial charge in [0.05, 0.1) is 22.8 Å². The summed E-state index contributed by atoms with van der Waals surface area (Å²) in [6, 6.07) is 29.0. The molecular weight excluding hydrogens is 532 g/mol. The number of hydrogen-bond donors (Lipinski definition) is 0. The fourth-order valence-electron chi connectivity index (χ4n) is 10.7. The van der Waals surface area contributed by atoms with Crippen molar-refractivity contribution in [1.29, 1.82) is 0 Å². The molecule has 0 bridgehead atoms. The third-order valence-electron chi connectivity index (χ3n) is 13.0. The van der Waals surface area contributed by atoms with E-state index in [9.17, 15) is 0 Å². The van der Waals surface area contributed by atoms with Crippen LogP contribution in [0.3, 0.4) is 0 Å². The molecule has 3 atom stereocenters. The van der Waals surface area contributed by atoms with E-state index < -0.39 is 0 Å². The van der Waals surface area contributed by atoms with Gasteiger partial charge in [-0.25, -0.2) is 0 Å². The SMILES string of the molecule is CC(C)(C)c1cc2c3c(c1)N1c4c(cccc4C4(C)CCCCC14C)C3n1c3c(c4cccc-2c41)-c1ccccc1C3(C)C. The smallest absolute Gasteiger partial charge is 0.0889 e. The largest absolute Gasteiger partial charge is 0.334 e. The zero-order valence-corrected chi connectivity index (χ0v) is 27.2. The molecule has 4 heterocycles. The van der Waals surface area contributed by atoms with E-state index in [1.54, 1.807) is 5.56 Å². The number of nitrogens with zero attached hydrogens (tertiary/aromatic N) is 2. The van der Waals surface area contributed by atoms with Gasteiger partial charge in [0.15, 0.2) is 0 Å². The van der Waals surface area contributed by atoms with Crippen LogP contribution in [0.4, 0.5) is 11.4 Å². The van der Waals surface area contributed by atoms with E-state index >= 15 is 0 Å². The van der Waals surface area contributed by atoms with Gasteiger partial charge in [-0.1, -0.05) is 121 Å². The normalized spacial score (nSPS) is 26.2. The van der Waals surface area contributed by atoms with Crippen LogP contribution in [0.25, 0.3) is 33.2 Å². The quantitative estimate of drug-likeness (QED) is 0.175. The van der Waals surface area contributed by atoms with Gasteiger partial charge in [0.25, 0.3) is 0 Å². The van der Waals surface area contributed by atoms with Gasteiger partial charge in [-0.3, -0.25) is 0 Å². The topological polar surface area (TPSA) is 8.17 Å². The Hall–Kier alpha value is -3.78. The first kappa shape index (κ1) is 25.5. The van der Waals surface area contributed by atoms with E-state index in [0.717, 1.165) is 0 Å². The molecule has 3 unspecified atom stereocenters. The second kappa shape index (κ2) is 7.53. The van der Waals surface area contributed by atoms with Crippen molar-refractivity contribution in [3.63, 3.8) is 0 Å². The minimum atomic E-state index is -0.0910. The Bertz CT molecular complexity index is 2130. The average molecular weight is 575 g/mol. The number of rotatable bonds is 0. The maximum absolute atomic E-state index is 2.87. The van der Waals surface area contributed by atoms with E-state index in [1.165, 1.54) is 98.2 Å². The number of para-hydroxylation sites is 2. The van der Waals surface area contributed by atoms with Crippen LogP contribution >= 0.6 is 0 Å². The number of aromatic nitrogens is 1. The minimum Gasteiger partial charge on any atom is -0.334 e. The Kier molecular flexibility index (Phi) is 4.37. The summed E-state index contributed by atoms with van der Waals surface area (Å²) in [5.41, 5.74) is 19.2. The number of benzene rings is 4. The summed E-state index contributed by atoms with van der Waals surface area (Å²) in [5.74, 6) is 0. The Morgan fingerprint density at radius 3 is 2.30 bits per heavy atom. The van der Waals surface area contributed by atoms with E-state index in [1.807, 2.05) is 0 Å². The standard InChI is InChI=1S/C42H42N2/c1-39(2,3)24-22-29-25-15-12-16-27-33-26-14-8-9-18-30(26)40(4,5)38(33)43(35(25)27)37-28-17-13-19-31-36(28)44(32(23-24)34(29)37)42(7)21-11-10-20-41(31,42)6/h8-9,12-19,22-23,37H,10-11,20-21H2,1-7H3. The third-order valence-corrected chi connectivity index (χ3v) is 13.0. The Balaban J connectivity index is 1.42. The lowest BCUT2D eigenvalue weighted by molar-refractivity contribution is 0.194. The van der Waals surface area contributed by atoms with Crippen molar-refractivity contribution < 1.29 is 0 Å². The maximum Gasteiger partial charge on any atom is 0.0889 e. The molecule has 0 spiro atoms. The lowest BCUT2D eigenvalue weighted by Gasteiger charge is -2.52. The molecule has 1 saturated carbocycles. The number of fused-ring (bicyclic) bond motifs is 12. The van der Waals surface area contributed by atoms with Gasteiger partial charge in [-0.2, -0.15) is 0 Å². The van der Waals surface area contributed by atoms with Gasteiger partial charge in [0.2, 0.25) is 0 Å². The molecule has 0 radical (unpaired) electrons. The molecule has 44 heavy (non-hydrogen) atoms. The molecule has 1 fully saturated rings. The van der Waals surface area contributed by atoms with Crippen LogP contribution in [0.1, 0.15) is 114 Å². The predicted octanol–water partition coefficient (Wildman–Crippen LogP) is 10.9. The van der Waals surface area contributed by atoms with Crippen molar-refractivity contribution in [1.82, 2.24) is 4.57 Å². The van der Waals surface area contributed by atoms with Gasteiger partial charge in [-0.15, -0.1) is 0 Å². The van der Waals surface area contributed by atoms with Crippen LogP contribution < -0.4 is 4.90 Å². The molecule has 1 aromatic heterocycles. The molecule has 220 valence electrons. The molecule has 5 aliphatic rings. The fraction of sp³-hybridized carbons (Fsp3) is 0.381. The van der Waals surface area contributed by atoms with Crippen LogP contribution in [-0.2, 0) is 16.2 Å². The summed E-state index contributed by atoms with van der Waals surface area (Å²) in [5, 5.41) is 1.41. The molecule has 10 rings (SSSR count). The van der Waals surface area contributed by atoms with Gasteiger partial charge in [0.1, 0.15) is 0 Å². The Labute approximate surface area is 261 Å². The number of anilines is 2. The van der Waals surface area contributed by atoms with E-state index in [0.29, 0.717) is 0 Å². The highest BCUT2D eigenvalue weighted by Crippen LogP contribution is 2.68. The Morgan fingerprint density at radius 1 is 0.750 bits per heavy atom. The average Bonchev–Trinajstić information content (AvgIpc) is 3.55. The summed E-state index contributed by atoms with van der Waals surface area (Å²) >= 11 is 0. The molecule has 3 aliphatic heterocycles. The molecule has 0 amide bonds. The van der Waals surface area contributed by atoms with Gasteiger partial charge < -0.3 is 9.47 Å². The monoisotopic (exact) mass is 574 g/mol. The van der Waals surface area contributed by atoms with Crippen LogP contribution in [0.15, 0.2) is 72.8 Å². The second-order valence-corrected chi connectivity index (χ2v) is 16.5. The summed E-state index contributed by atoms with van der Waals surface area (Å²) < 4.78 is 2.82. The first-order valence-electron chi connectivity index (χ1n) is 16.9. The van der Waals surface area contributed by atoms with Crippen molar-refractivity contribution in [2.75, 3.05) is 4.90 Å². The third kappa shape index (κ3) is 2.58. The second-order valence-electron chi connectivity index (χ2n) is 16.5. The first-order chi connectivity index (χ1) is 21.0. The van der Waals surface area contributed by atoms with Crippen LogP contribution in [0.2, 0.25) is 0 Å². The lowest BCUT2D eigenvalue weighted by Crippen LogP contribution is -2.55. The van der Waals surface area contributed by atoms with Crippen molar-refractivity contribution in [3.8, 4) is 22.3 Å². The zero-order valence-electron chi connectivity index (χ0n) is 27.2. The predicted molar refractivity (Wildman–Crippen MR) is 184 cm³/mol. The molecule has 4 aromatic carbocycles. The molecule has 5 aromatic rings. The molecule has 2 nitrogen and oxygen atoms in total. The van der Waals surface area contributed by atoms with Crippen molar-refractivity contribution in [3.05, 3.63) is 106 Å². The lowest BCUT2D eigenvalue weighted by atomic mass is 9.61. The molecular formula is C42H42N2. The zero-order chi connectivity index (χ0) is 30.1. The summed E-state index contributed by atoms with van der Waals surface area (Å²) in [4.78, 5) is 2.87. The van der Waals surface area contributed by atoms with E-state index in [-0.39, 0.29) is 27.8 Å². The van der Waals surface area contributed by atoms with Crippen molar-refractivity contribution >= 4 is 22.3 Å². The summed E-state index contributed by atoms with van der Waals surface area (Å²) in [7, 11) is 0. The van der Waals surface area contributed by atoms with Crippen molar-refractivity contribution in [2.24, 2.45) is 0 Å². The number of hydrogen-bond acceptors (Lipinski definition) is 1. The molecule has 0 saturated heterocycles. The maximum atomic E-state index is 2.87. The van der Waals surface area contributed by atoms with Gasteiger partial charge in [-0.05, 0) is 59.1 Å². The van der Waals surface area contributed by atoms with Gasteiger partial charge in [0, 0.05) is 49.9 Å². The summed E-state index contributed by atoms with van der Waals surface area (Å²) in [6.45, 7) is 17.3. The highest BCUT2D eigenvalue weighted by Gasteiger charge is 2.61. The molecule has 2 aliphatic carbocycles. The summed E-state index contributed by atoms with van der Waals surface area (Å²) in [6.07, 6.45) is 5.11. The Morgan fingerprint density at radius 2 is 1.48 bits per heavy atom. The minimum absolute atomic E-state index is 0.0490. The molecule has 2 heteroatoms. The van der Waals surface area contributed by atoms with Crippen LogP contribution in [0, 0.1) is 0 Å². The van der Waals surface area contributed by atoms with E-state index in [2.05, 4.69) is 131 Å². The van der Waals surface area contributed by atoms with Gasteiger partial charge >= 0.3 is 0 Å².